The molecular weight excluding hydrogens is 182 g/mol. The molecular formula is C10H11NO3. The summed E-state index contributed by atoms with van der Waals surface area (Å²) in [6, 6.07) is 4.05. The number of hydrogen-bond acceptors (Lipinski definition) is 3. The lowest BCUT2D eigenvalue weighted by Gasteiger charge is -1.96. The van der Waals surface area contributed by atoms with Gasteiger partial charge in [0.1, 0.15) is 0 Å². The molecule has 0 saturated heterocycles. The Morgan fingerprint density at radius 3 is 2.50 bits per heavy atom. The van der Waals surface area contributed by atoms with Gasteiger partial charge in [0.05, 0.1) is 10.5 Å². The van der Waals surface area contributed by atoms with Crippen LogP contribution in [0.2, 0.25) is 0 Å². The van der Waals surface area contributed by atoms with Gasteiger partial charge in [0.2, 0.25) is 5.75 Å². The fraction of sp³-hybridized carbons (Fsp3) is 0.200. The lowest BCUT2D eigenvalue weighted by atomic mass is 10.2. The molecule has 0 aromatic heterocycles. The van der Waals surface area contributed by atoms with E-state index in [1.165, 1.54) is 18.2 Å². The third-order valence-electron chi connectivity index (χ3n) is 1.37. The van der Waals surface area contributed by atoms with Crippen LogP contribution in [0.1, 0.15) is 19.4 Å². The number of nitro groups is 1. The number of aromatic hydroxyl groups is 1. The fourth-order valence-corrected chi connectivity index (χ4v) is 0.795. The molecule has 0 heterocycles. The number of nitro benzene ring substituents is 1. The lowest BCUT2D eigenvalue weighted by Crippen LogP contribution is -1.89. The van der Waals surface area contributed by atoms with Gasteiger partial charge in [0.25, 0.3) is 0 Å². The van der Waals surface area contributed by atoms with Crippen LogP contribution in [-0.2, 0) is 0 Å². The van der Waals surface area contributed by atoms with Crippen LogP contribution in [0, 0.1) is 22.5 Å². The molecule has 0 bridgehead atoms. The number of phenolic OH excluding ortho intramolecular Hbond substituents is 1. The van der Waals surface area contributed by atoms with Crippen LogP contribution in [0.5, 0.6) is 5.75 Å². The molecule has 0 unspecified atom stereocenters. The van der Waals surface area contributed by atoms with E-state index in [-0.39, 0.29) is 11.3 Å². The van der Waals surface area contributed by atoms with Crippen LogP contribution in [0.15, 0.2) is 18.2 Å². The van der Waals surface area contributed by atoms with Crippen molar-refractivity contribution in [1.82, 2.24) is 0 Å². The molecule has 0 aliphatic heterocycles. The van der Waals surface area contributed by atoms with Gasteiger partial charge in [-0.05, 0) is 6.07 Å². The van der Waals surface area contributed by atoms with Crippen molar-refractivity contribution in [2.75, 3.05) is 0 Å². The molecule has 1 rings (SSSR count). The Labute approximate surface area is 82.3 Å². The van der Waals surface area contributed by atoms with Crippen molar-refractivity contribution >= 4 is 5.69 Å². The maximum atomic E-state index is 10.3. The van der Waals surface area contributed by atoms with Gasteiger partial charge in [-0.3, -0.25) is 10.1 Å². The molecule has 0 aliphatic rings. The predicted octanol–water partition coefficient (Wildman–Crippen LogP) is 2.31. The SMILES string of the molecule is C#Cc1cccc([N+](=O)[O-])c1O.CC. The monoisotopic (exact) mass is 193 g/mol. The van der Waals surface area contributed by atoms with Crippen molar-refractivity contribution in [2.45, 2.75) is 13.8 Å². The Balaban J connectivity index is 0.000000791. The third-order valence-corrected chi connectivity index (χ3v) is 1.37. The van der Waals surface area contributed by atoms with Gasteiger partial charge in [0, 0.05) is 6.07 Å². The average Bonchev–Trinajstić information content (AvgIpc) is 2.21. The molecule has 0 amide bonds. The average molecular weight is 193 g/mol. The van der Waals surface area contributed by atoms with Crippen molar-refractivity contribution in [3.63, 3.8) is 0 Å². The molecule has 0 spiro atoms. The van der Waals surface area contributed by atoms with E-state index in [2.05, 4.69) is 5.92 Å². The Hall–Kier alpha value is -2.02. The minimum Gasteiger partial charge on any atom is -0.501 e. The van der Waals surface area contributed by atoms with E-state index < -0.39 is 10.7 Å². The zero-order valence-corrected chi connectivity index (χ0v) is 8.02. The first-order chi connectivity index (χ1) is 6.66. The molecule has 1 N–H and O–H groups in total. The first-order valence-corrected chi connectivity index (χ1v) is 4.10. The molecule has 0 radical (unpaired) electrons. The van der Waals surface area contributed by atoms with E-state index >= 15 is 0 Å². The smallest absolute Gasteiger partial charge is 0.312 e. The van der Waals surface area contributed by atoms with Crippen molar-refractivity contribution in [1.29, 1.82) is 0 Å². The molecule has 0 saturated carbocycles. The van der Waals surface area contributed by atoms with E-state index in [1.54, 1.807) is 0 Å². The number of benzene rings is 1. The van der Waals surface area contributed by atoms with Crippen LogP contribution in [0.3, 0.4) is 0 Å². The summed E-state index contributed by atoms with van der Waals surface area (Å²) in [7, 11) is 0. The van der Waals surface area contributed by atoms with E-state index in [0.29, 0.717) is 0 Å². The Bertz CT molecular complexity index is 366. The predicted molar refractivity (Wildman–Crippen MR) is 54.0 cm³/mol. The number of terminal acetylenes is 1. The zero-order chi connectivity index (χ0) is 11.1. The standard InChI is InChI=1S/C8H5NO3.C2H6/c1-2-6-4-3-5-7(8(6)10)9(11)12;1-2/h1,3-5,10H;1-2H3. The minimum absolute atomic E-state index is 0.129. The summed E-state index contributed by atoms with van der Waals surface area (Å²) in [5.41, 5.74) is -0.241. The highest BCUT2D eigenvalue weighted by molar-refractivity contribution is 5.56. The Kier molecular flexibility index (Phi) is 4.79. The highest BCUT2D eigenvalue weighted by Gasteiger charge is 2.14. The quantitative estimate of drug-likeness (QED) is 0.423. The van der Waals surface area contributed by atoms with Gasteiger partial charge in [-0.25, -0.2) is 0 Å². The van der Waals surface area contributed by atoms with Crippen molar-refractivity contribution in [2.24, 2.45) is 0 Å². The van der Waals surface area contributed by atoms with Gasteiger partial charge in [-0.2, -0.15) is 0 Å². The molecule has 0 atom stereocenters. The summed E-state index contributed by atoms with van der Waals surface area (Å²) >= 11 is 0. The molecule has 74 valence electrons. The second kappa shape index (κ2) is 5.60. The van der Waals surface area contributed by atoms with E-state index in [0.717, 1.165) is 0 Å². The molecule has 4 nitrogen and oxygen atoms in total. The van der Waals surface area contributed by atoms with E-state index in [9.17, 15) is 15.2 Å². The highest BCUT2D eigenvalue weighted by atomic mass is 16.6. The second-order valence-electron chi connectivity index (χ2n) is 2.07. The molecule has 1 aromatic rings. The number of phenols is 1. The van der Waals surface area contributed by atoms with Crippen LogP contribution < -0.4 is 0 Å². The first-order valence-electron chi connectivity index (χ1n) is 4.10. The maximum Gasteiger partial charge on any atom is 0.312 e. The lowest BCUT2D eigenvalue weighted by molar-refractivity contribution is -0.385. The zero-order valence-electron chi connectivity index (χ0n) is 8.02. The first kappa shape index (κ1) is 12.0. The topological polar surface area (TPSA) is 63.4 Å². The largest absolute Gasteiger partial charge is 0.501 e. The van der Waals surface area contributed by atoms with Crippen LogP contribution in [0.25, 0.3) is 0 Å². The summed E-state index contributed by atoms with van der Waals surface area (Å²) in [5, 5.41) is 19.4. The number of hydrogen-bond donors (Lipinski definition) is 1. The molecule has 4 heteroatoms. The molecule has 14 heavy (non-hydrogen) atoms. The summed E-state index contributed by atoms with van der Waals surface area (Å²) in [6.45, 7) is 4.00. The van der Waals surface area contributed by atoms with Crippen LogP contribution in [-0.4, -0.2) is 10.0 Å². The van der Waals surface area contributed by atoms with Gasteiger partial charge >= 0.3 is 5.69 Å². The Morgan fingerprint density at radius 2 is 2.07 bits per heavy atom. The number of rotatable bonds is 1. The van der Waals surface area contributed by atoms with Gasteiger partial charge in [-0.15, -0.1) is 6.42 Å². The van der Waals surface area contributed by atoms with E-state index in [4.69, 9.17) is 6.42 Å². The highest BCUT2D eigenvalue weighted by Crippen LogP contribution is 2.28. The second-order valence-corrected chi connectivity index (χ2v) is 2.07. The normalized spacial score (nSPS) is 8.07. The molecule has 0 fully saturated rings. The Morgan fingerprint density at radius 1 is 1.50 bits per heavy atom. The number of para-hydroxylation sites is 1. The van der Waals surface area contributed by atoms with Gasteiger partial charge in [-0.1, -0.05) is 25.8 Å². The summed E-state index contributed by atoms with van der Waals surface area (Å²) in [4.78, 5) is 9.58. The summed E-state index contributed by atoms with van der Waals surface area (Å²) < 4.78 is 0. The summed E-state index contributed by atoms with van der Waals surface area (Å²) in [6.07, 6.45) is 4.99. The van der Waals surface area contributed by atoms with Crippen molar-refractivity contribution < 1.29 is 10.0 Å². The molecule has 1 aromatic carbocycles. The van der Waals surface area contributed by atoms with Crippen LogP contribution >= 0.6 is 0 Å². The fourth-order valence-electron chi connectivity index (χ4n) is 0.795. The molecule has 0 aliphatic carbocycles. The van der Waals surface area contributed by atoms with Gasteiger partial charge in [0.15, 0.2) is 0 Å². The number of nitrogens with zero attached hydrogens (tertiary/aromatic N) is 1. The minimum atomic E-state index is -0.684. The van der Waals surface area contributed by atoms with Crippen LogP contribution in [0.4, 0.5) is 5.69 Å². The van der Waals surface area contributed by atoms with Gasteiger partial charge < -0.3 is 5.11 Å². The third kappa shape index (κ3) is 2.49. The summed E-state index contributed by atoms with van der Waals surface area (Å²) in [5.74, 6) is 1.68. The van der Waals surface area contributed by atoms with E-state index in [1.807, 2.05) is 13.8 Å². The van der Waals surface area contributed by atoms with Crippen molar-refractivity contribution in [3.8, 4) is 18.1 Å². The maximum absolute atomic E-state index is 10.3. The van der Waals surface area contributed by atoms with Crippen molar-refractivity contribution in [3.05, 3.63) is 33.9 Å².